The van der Waals surface area contributed by atoms with Crippen molar-refractivity contribution >= 4 is 5.69 Å². The van der Waals surface area contributed by atoms with Crippen LogP contribution in [0.2, 0.25) is 0 Å². The molecule has 6 nitrogen and oxygen atoms in total. The average molecular weight is 469 g/mol. The molecule has 1 fully saturated rings. The van der Waals surface area contributed by atoms with Gasteiger partial charge in [0.2, 0.25) is 0 Å². The van der Waals surface area contributed by atoms with Crippen LogP contribution in [0.5, 0.6) is 5.75 Å². The maximum absolute atomic E-state index is 10.9. The van der Waals surface area contributed by atoms with Gasteiger partial charge in [0.25, 0.3) is 5.69 Å². The predicted molar refractivity (Wildman–Crippen MR) is 124 cm³/mol. The van der Waals surface area contributed by atoms with Crippen molar-refractivity contribution in [3.63, 3.8) is 0 Å². The molecule has 0 aromatic heterocycles. The number of nitro benzene ring substituents is 1. The molecule has 0 bridgehead atoms. The fraction of sp³-hybridized carbons (Fsp3) is 0.308. The van der Waals surface area contributed by atoms with Gasteiger partial charge in [-0.05, 0) is 35.4 Å². The van der Waals surface area contributed by atoms with E-state index >= 15 is 0 Å². The summed E-state index contributed by atoms with van der Waals surface area (Å²) in [6, 6.07) is 24.9. The van der Waals surface area contributed by atoms with Crippen molar-refractivity contribution < 1.29 is 31.7 Å². The first kappa shape index (κ1) is 24.7. The molecular formula is C26H29ClN2O4. The molecule has 7 heteroatoms. The Morgan fingerprint density at radius 2 is 1.52 bits per heavy atom. The summed E-state index contributed by atoms with van der Waals surface area (Å²) in [5.74, 6) is 0.743. The molecule has 1 N–H and O–H groups in total. The van der Waals surface area contributed by atoms with Gasteiger partial charge in [0, 0.05) is 30.5 Å². The van der Waals surface area contributed by atoms with E-state index in [4.69, 9.17) is 4.74 Å². The van der Waals surface area contributed by atoms with E-state index in [0.29, 0.717) is 6.54 Å². The van der Waals surface area contributed by atoms with Gasteiger partial charge in [-0.15, -0.1) is 0 Å². The van der Waals surface area contributed by atoms with Gasteiger partial charge < -0.3 is 26.7 Å². The minimum atomic E-state index is -0.583. The Hall–Kier alpha value is -2.93. The molecule has 1 heterocycles. The number of likely N-dealkylation sites (tertiary alicyclic amines) is 1. The lowest BCUT2D eigenvalue weighted by atomic mass is 10.1. The van der Waals surface area contributed by atoms with Crippen LogP contribution in [0.4, 0.5) is 5.69 Å². The van der Waals surface area contributed by atoms with Crippen LogP contribution in [0.25, 0.3) is 11.1 Å². The molecule has 1 saturated heterocycles. The van der Waals surface area contributed by atoms with Crippen molar-refractivity contribution in [2.75, 3.05) is 26.2 Å². The number of hydrogen-bond donors (Lipinski definition) is 1. The minimum Gasteiger partial charge on any atom is -1.00 e. The quantitative estimate of drug-likeness (QED) is 0.295. The normalized spacial score (nSPS) is 15.4. The van der Waals surface area contributed by atoms with Gasteiger partial charge in [0.15, 0.2) is 0 Å². The van der Waals surface area contributed by atoms with Gasteiger partial charge in [-0.1, -0.05) is 42.5 Å². The van der Waals surface area contributed by atoms with Crippen LogP contribution in [-0.2, 0) is 6.54 Å². The van der Waals surface area contributed by atoms with Crippen LogP contribution < -0.4 is 17.1 Å². The summed E-state index contributed by atoms with van der Waals surface area (Å²) >= 11 is 0. The van der Waals surface area contributed by atoms with Gasteiger partial charge in [-0.2, -0.15) is 0 Å². The highest BCUT2D eigenvalue weighted by Crippen LogP contribution is 2.26. The van der Waals surface area contributed by atoms with Crippen LogP contribution in [0.3, 0.4) is 0 Å². The van der Waals surface area contributed by atoms with Crippen LogP contribution in [0.1, 0.15) is 18.4 Å². The molecule has 0 radical (unpaired) electrons. The fourth-order valence-corrected chi connectivity index (χ4v) is 4.59. The molecule has 0 aliphatic carbocycles. The predicted octanol–water partition coefficient (Wildman–Crippen LogP) is 1.82. The number of aliphatic hydroxyl groups excluding tert-OH is 1. The first-order valence-corrected chi connectivity index (χ1v) is 11.1. The van der Waals surface area contributed by atoms with Crippen molar-refractivity contribution in [1.82, 2.24) is 0 Å². The van der Waals surface area contributed by atoms with Crippen LogP contribution >= 0.6 is 0 Å². The van der Waals surface area contributed by atoms with Gasteiger partial charge in [0.05, 0.1) is 18.0 Å². The average Bonchev–Trinajstić information content (AvgIpc) is 3.26. The summed E-state index contributed by atoms with van der Waals surface area (Å²) in [5.41, 5.74) is 3.45. The Labute approximate surface area is 200 Å². The minimum absolute atomic E-state index is 0. The van der Waals surface area contributed by atoms with E-state index in [2.05, 4.69) is 12.1 Å². The maximum atomic E-state index is 10.9. The summed E-state index contributed by atoms with van der Waals surface area (Å²) in [5, 5.41) is 21.6. The number of non-ortho nitro benzene ring substituents is 1. The zero-order chi connectivity index (χ0) is 22.4. The lowest BCUT2D eigenvalue weighted by molar-refractivity contribution is -0.932. The molecular weight excluding hydrogens is 440 g/mol. The number of aliphatic hydroxyl groups is 1. The Kier molecular flexibility index (Phi) is 8.44. The van der Waals surface area contributed by atoms with Gasteiger partial charge >= 0.3 is 0 Å². The molecule has 1 atom stereocenters. The number of benzene rings is 3. The molecule has 4 rings (SSSR count). The first-order valence-electron chi connectivity index (χ1n) is 11.1. The summed E-state index contributed by atoms with van der Waals surface area (Å²) in [6.07, 6.45) is 1.67. The summed E-state index contributed by atoms with van der Waals surface area (Å²) in [4.78, 5) is 10.5. The molecule has 1 aliphatic heterocycles. The number of halogens is 1. The highest BCUT2D eigenvalue weighted by Gasteiger charge is 2.34. The third-order valence-corrected chi connectivity index (χ3v) is 6.18. The van der Waals surface area contributed by atoms with Gasteiger partial charge in [-0.3, -0.25) is 10.1 Å². The van der Waals surface area contributed by atoms with Crippen LogP contribution in [-0.4, -0.2) is 46.9 Å². The number of rotatable bonds is 9. The molecule has 0 saturated carbocycles. The zero-order valence-corrected chi connectivity index (χ0v) is 19.2. The second-order valence-electron chi connectivity index (χ2n) is 8.62. The maximum Gasteiger partial charge on any atom is 0.269 e. The van der Waals surface area contributed by atoms with E-state index in [0.717, 1.165) is 59.4 Å². The largest absolute Gasteiger partial charge is 1.00 e. The second-order valence-corrected chi connectivity index (χ2v) is 8.62. The van der Waals surface area contributed by atoms with E-state index in [-0.39, 0.29) is 29.6 Å². The molecule has 1 aliphatic rings. The molecule has 33 heavy (non-hydrogen) atoms. The lowest BCUT2D eigenvalue weighted by Gasteiger charge is -2.36. The smallest absolute Gasteiger partial charge is 0.269 e. The highest BCUT2D eigenvalue weighted by atomic mass is 35.5. The fourth-order valence-electron chi connectivity index (χ4n) is 4.59. The Bertz CT molecular complexity index is 1020. The monoisotopic (exact) mass is 468 g/mol. The van der Waals surface area contributed by atoms with Crippen molar-refractivity contribution in [1.29, 1.82) is 0 Å². The molecule has 3 aromatic carbocycles. The van der Waals surface area contributed by atoms with E-state index in [1.807, 2.05) is 54.6 Å². The number of quaternary nitrogens is 1. The molecule has 0 spiro atoms. The Balaban J connectivity index is 0.00000306. The third-order valence-electron chi connectivity index (χ3n) is 6.18. The van der Waals surface area contributed by atoms with Gasteiger partial charge in [0.1, 0.15) is 31.5 Å². The summed E-state index contributed by atoms with van der Waals surface area (Å²) < 4.78 is 6.66. The standard InChI is InChI=1S/C26H29N2O4.ClH/c29-25(20-32-26-14-10-23(11-15-26)22-6-2-1-3-7-22)19-28(16-4-5-17-28)18-21-8-12-24(13-9-21)27(30)31;/h1-3,6-15,25,29H,4-5,16-20H2;1H/q+1;/p-1. The van der Waals surface area contributed by atoms with E-state index in [1.165, 1.54) is 0 Å². The van der Waals surface area contributed by atoms with E-state index in [1.54, 1.807) is 12.1 Å². The summed E-state index contributed by atoms with van der Waals surface area (Å²) in [6.45, 7) is 3.62. The first-order chi connectivity index (χ1) is 15.5. The molecule has 1 unspecified atom stereocenters. The Morgan fingerprint density at radius 1 is 0.909 bits per heavy atom. The topological polar surface area (TPSA) is 72.6 Å². The number of ether oxygens (including phenoxy) is 1. The highest BCUT2D eigenvalue weighted by molar-refractivity contribution is 5.63. The van der Waals surface area contributed by atoms with Crippen LogP contribution in [0, 0.1) is 10.1 Å². The zero-order valence-electron chi connectivity index (χ0n) is 18.5. The second kappa shape index (κ2) is 11.3. The van der Waals surface area contributed by atoms with E-state index in [9.17, 15) is 15.2 Å². The molecule has 174 valence electrons. The molecule has 0 amide bonds. The summed E-state index contributed by atoms with van der Waals surface area (Å²) in [7, 11) is 0. The number of hydrogen-bond acceptors (Lipinski definition) is 4. The Morgan fingerprint density at radius 3 is 2.12 bits per heavy atom. The van der Waals surface area contributed by atoms with Crippen molar-refractivity contribution in [2.45, 2.75) is 25.5 Å². The van der Waals surface area contributed by atoms with Crippen molar-refractivity contribution in [2.24, 2.45) is 0 Å². The van der Waals surface area contributed by atoms with Crippen molar-refractivity contribution in [3.8, 4) is 16.9 Å². The van der Waals surface area contributed by atoms with E-state index < -0.39 is 6.10 Å². The number of nitrogens with zero attached hydrogens (tertiary/aromatic N) is 2. The van der Waals surface area contributed by atoms with Crippen molar-refractivity contribution in [3.05, 3.63) is 94.5 Å². The SMILES string of the molecule is O=[N+]([O-])c1ccc(C[N+]2(CC(O)COc3ccc(-c4ccccc4)cc3)CCCC2)cc1.[Cl-]. The lowest BCUT2D eigenvalue weighted by Crippen LogP contribution is -3.00. The number of nitro groups is 1. The van der Waals surface area contributed by atoms with Crippen LogP contribution in [0.15, 0.2) is 78.9 Å². The molecule has 3 aromatic rings. The third kappa shape index (κ3) is 6.54. The van der Waals surface area contributed by atoms with Gasteiger partial charge in [-0.25, -0.2) is 0 Å².